The lowest BCUT2D eigenvalue weighted by Crippen LogP contribution is -2.27. The lowest BCUT2D eigenvalue weighted by atomic mass is 10.1. The summed E-state index contributed by atoms with van der Waals surface area (Å²) >= 11 is 5.58. The molecule has 0 saturated carbocycles. The van der Waals surface area contributed by atoms with Crippen LogP contribution in [0.1, 0.15) is 32.3 Å². The molecule has 0 heterocycles. The van der Waals surface area contributed by atoms with E-state index >= 15 is 0 Å². The number of alkyl halides is 1. The van der Waals surface area contributed by atoms with E-state index in [1.807, 2.05) is 13.8 Å². The predicted molar refractivity (Wildman–Crippen MR) is 68.7 cm³/mol. The molecule has 1 rings (SSSR count). The molecule has 1 nitrogen and oxygen atoms in total. The van der Waals surface area contributed by atoms with Crippen molar-refractivity contribution in [3.05, 3.63) is 29.3 Å². The first-order valence-electron chi connectivity index (χ1n) is 5.92. The van der Waals surface area contributed by atoms with Gasteiger partial charge in [-0.05, 0) is 30.5 Å². The van der Waals surface area contributed by atoms with Gasteiger partial charge in [-0.1, -0.05) is 13.8 Å². The van der Waals surface area contributed by atoms with E-state index in [2.05, 4.69) is 0 Å². The number of benzene rings is 1. The zero-order chi connectivity index (χ0) is 12.8. The van der Waals surface area contributed by atoms with Crippen molar-refractivity contribution in [2.75, 3.05) is 18.0 Å². The van der Waals surface area contributed by atoms with Crippen LogP contribution in [0.2, 0.25) is 0 Å². The Hall–Kier alpha value is -0.830. The molecule has 0 bridgehead atoms. The topological polar surface area (TPSA) is 3.24 Å². The molecule has 0 aliphatic heterocycles. The van der Waals surface area contributed by atoms with Crippen molar-refractivity contribution in [2.45, 2.75) is 32.6 Å². The summed E-state index contributed by atoms with van der Waals surface area (Å²) in [6.45, 7) is 5.29. The van der Waals surface area contributed by atoms with Crippen molar-refractivity contribution in [3.63, 3.8) is 0 Å². The van der Waals surface area contributed by atoms with Crippen molar-refractivity contribution in [2.24, 2.45) is 0 Å². The van der Waals surface area contributed by atoms with E-state index in [1.54, 1.807) is 4.90 Å². The number of halogens is 3. The van der Waals surface area contributed by atoms with E-state index in [-0.39, 0.29) is 11.6 Å². The van der Waals surface area contributed by atoms with Gasteiger partial charge >= 0.3 is 0 Å². The fraction of sp³-hybridized carbons (Fsp3) is 0.538. The molecule has 0 N–H and O–H groups in total. The van der Waals surface area contributed by atoms with E-state index in [4.69, 9.17) is 11.6 Å². The standard InChI is InChI=1S/C13H18ClF2N/c1-3-5-17(6-4-2)13-11(15)7-10(9-14)8-12(13)16/h7-8H,3-6,9H2,1-2H3. The second-order valence-electron chi connectivity index (χ2n) is 4.03. The third-order valence-corrected chi connectivity index (χ3v) is 2.84. The van der Waals surface area contributed by atoms with Crippen LogP contribution in [0.15, 0.2) is 12.1 Å². The van der Waals surface area contributed by atoms with Gasteiger partial charge in [-0.25, -0.2) is 8.78 Å². The molecule has 0 aliphatic rings. The van der Waals surface area contributed by atoms with E-state index in [0.717, 1.165) is 12.8 Å². The van der Waals surface area contributed by atoms with Crippen LogP contribution in [-0.2, 0) is 5.88 Å². The van der Waals surface area contributed by atoms with Gasteiger partial charge in [0, 0.05) is 19.0 Å². The van der Waals surface area contributed by atoms with Crippen LogP contribution in [0.25, 0.3) is 0 Å². The van der Waals surface area contributed by atoms with Crippen LogP contribution in [0.5, 0.6) is 0 Å². The van der Waals surface area contributed by atoms with Crippen LogP contribution in [-0.4, -0.2) is 13.1 Å². The monoisotopic (exact) mass is 261 g/mol. The third-order valence-electron chi connectivity index (χ3n) is 2.53. The van der Waals surface area contributed by atoms with Crippen LogP contribution < -0.4 is 4.90 Å². The van der Waals surface area contributed by atoms with E-state index in [0.29, 0.717) is 18.7 Å². The normalized spacial score (nSPS) is 10.6. The summed E-state index contributed by atoms with van der Waals surface area (Å²) in [6, 6.07) is 2.62. The van der Waals surface area contributed by atoms with Crippen molar-refractivity contribution in [1.82, 2.24) is 0 Å². The van der Waals surface area contributed by atoms with Gasteiger partial charge in [0.05, 0.1) is 0 Å². The Balaban J connectivity index is 3.09. The van der Waals surface area contributed by atoms with Crippen molar-refractivity contribution in [1.29, 1.82) is 0 Å². The predicted octanol–water partition coefficient (Wildman–Crippen LogP) is 4.33. The minimum absolute atomic E-state index is 0.0718. The average molecular weight is 262 g/mol. The molecule has 0 spiro atoms. The summed E-state index contributed by atoms with van der Waals surface area (Å²) in [4.78, 5) is 1.75. The minimum Gasteiger partial charge on any atom is -0.367 e. The van der Waals surface area contributed by atoms with Gasteiger partial charge in [0.2, 0.25) is 0 Å². The number of hydrogen-bond acceptors (Lipinski definition) is 1. The Morgan fingerprint density at radius 1 is 1.06 bits per heavy atom. The maximum atomic E-state index is 13.9. The van der Waals surface area contributed by atoms with Gasteiger partial charge < -0.3 is 4.90 Å². The summed E-state index contributed by atoms with van der Waals surface area (Å²) in [6.07, 6.45) is 1.71. The first-order valence-corrected chi connectivity index (χ1v) is 6.46. The molecule has 0 aliphatic carbocycles. The summed E-state index contributed by atoms with van der Waals surface area (Å²) in [7, 11) is 0. The highest BCUT2D eigenvalue weighted by molar-refractivity contribution is 6.17. The molecule has 0 amide bonds. The molecule has 0 saturated heterocycles. The fourth-order valence-electron chi connectivity index (χ4n) is 1.87. The molecule has 96 valence electrons. The first kappa shape index (κ1) is 14.2. The molecule has 0 fully saturated rings. The number of anilines is 1. The first-order chi connectivity index (χ1) is 8.13. The van der Waals surface area contributed by atoms with Crippen LogP contribution in [0.4, 0.5) is 14.5 Å². The van der Waals surface area contributed by atoms with Crippen molar-refractivity contribution in [3.8, 4) is 0 Å². The maximum absolute atomic E-state index is 13.9. The molecular weight excluding hydrogens is 244 g/mol. The van der Waals surface area contributed by atoms with Crippen molar-refractivity contribution < 1.29 is 8.78 Å². The third kappa shape index (κ3) is 3.56. The smallest absolute Gasteiger partial charge is 0.149 e. The zero-order valence-electron chi connectivity index (χ0n) is 10.3. The second-order valence-corrected chi connectivity index (χ2v) is 4.30. The summed E-state index contributed by atoms with van der Waals surface area (Å²) in [5.74, 6) is -0.930. The van der Waals surface area contributed by atoms with Gasteiger partial charge in [0.25, 0.3) is 0 Å². The molecule has 1 aromatic rings. The highest BCUT2D eigenvalue weighted by atomic mass is 35.5. The summed E-state index contributed by atoms with van der Waals surface area (Å²) in [5.41, 5.74) is 0.543. The summed E-state index contributed by atoms with van der Waals surface area (Å²) in [5, 5.41) is 0. The molecule has 0 atom stereocenters. The largest absolute Gasteiger partial charge is 0.367 e. The van der Waals surface area contributed by atoms with Gasteiger partial charge in [0.15, 0.2) is 0 Å². The SMILES string of the molecule is CCCN(CCC)c1c(F)cc(CCl)cc1F. The van der Waals surface area contributed by atoms with Crippen LogP contribution in [0, 0.1) is 11.6 Å². The Bertz CT molecular complexity index is 339. The maximum Gasteiger partial charge on any atom is 0.149 e. The molecule has 0 aromatic heterocycles. The van der Waals surface area contributed by atoms with Crippen LogP contribution >= 0.6 is 11.6 Å². The number of nitrogens with zero attached hydrogens (tertiary/aromatic N) is 1. The molecule has 0 radical (unpaired) electrons. The summed E-state index contributed by atoms with van der Waals surface area (Å²) < 4.78 is 27.7. The highest BCUT2D eigenvalue weighted by Gasteiger charge is 2.16. The Labute approximate surface area is 106 Å². The quantitative estimate of drug-likeness (QED) is 0.689. The Morgan fingerprint density at radius 3 is 1.88 bits per heavy atom. The highest BCUT2D eigenvalue weighted by Crippen LogP contribution is 2.26. The average Bonchev–Trinajstić information content (AvgIpc) is 2.28. The minimum atomic E-state index is -0.525. The number of hydrogen-bond donors (Lipinski definition) is 0. The van der Waals surface area contributed by atoms with Crippen LogP contribution in [0.3, 0.4) is 0 Å². The van der Waals surface area contributed by atoms with E-state index in [1.165, 1.54) is 12.1 Å². The van der Waals surface area contributed by atoms with Gasteiger partial charge in [0.1, 0.15) is 17.3 Å². The molecule has 4 heteroatoms. The lowest BCUT2D eigenvalue weighted by molar-refractivity contribution is 0.565. The fourth-order valence-corrected chi connectivity index (χ4v) is 2.03. The lowest BCUT2D eigenvalue weighted by Gasteiger charge is -2.25. The zero-order valence-corrected chi connectivity index (χ0v) is 11.0. The number of rotatable bonds is 6. The Morgan fingerprint density at radius 2 is 1.53 bits per heavy atom. The van der Waals surface area contributed by atoms with Crippen molar-refractivity contribution >= 4 is 17.3 Å². The van der Waals surface area contributed by atoms with E-state index < -0.39 is 11.6 Å². The second kappa shape index (κ2) is 6.80. The van der Waals surface area contributed by atoms with Gasteiger partial charge in [-0.2, -0.15) is 0 Å². The molecular formula is C13H18ClF2N. The molecule has 1 aromatic carbocycles. The molecule has 0 unspecified atom stereocenters. The van der Waals surface area contributed by atoms with Gasteiger partial charge in [-0.3, -0.25) is 0 Å². The van der Waals surface area contributed by atoms with E-state index in [9.17, 15) is 8.78 Å². The Kier molecular flexibility index (Phi) is 5.69. The molecule has 17 heavy (non-hydrogen) atoms. The van der Waals surface area contributed by atoms with Gasteiger partial charge in [-0.15, -0.1) is 11.6 Å².